The summed E-state index contributed by atoms with van der Waals surface area (Å²) in [6, 6.07) is 8.77. The molecule has 0 aliphatic carbocycles. The molecule has 0 unspecified atom stereocenters. The Kier molecular flexibility index (Phi) is 6.31. The normalized spacial score (nSPS) is 15.5. The molecule has 1 amide bonds. The van der Waals surface area contributed by atoms with Gasteiger partial charge in [0.25, 0.3) is 10.0 Å². The molecular formula is C18H21N3O7S2. The molecule has 1 aliphatic rings. The maximum atomic E-state index is 12.8. The van der Waals surface area contributed by atoms with Crippen molar-refractivity contribution in [3.63, 3.8) is 0 Å². The molecule has 0 aromatic heterocycles. The predicted molar refractivity (Wildman–Crippen MR) is 109 cm³/mol. The summed E-state index contributed by atoms with van der Waals surface area (Å²) in [6.45, 7) is 2.24. The van der Waals surface area contributed by atoms with Crippen molar-refractivity contribution < 1.29 is 31.5 Å². The number of benzene rings is 2. The molecule has 12 heteroatoms. The van der Waals surface area contributed by atoms with Gasteiger partial charge in [-0.3, -0.25) is 9.52 Å². The van der Waals surface area contributed by atoms with E-state index in [1.165, 1.54) is 41.6 Å². The molecule has 1 aliphatic heterocycles. The van der Waals surface area contributed by atoms with E-state index < -0.39 is 25.8 Å². The molecule has 0 atom stereocenters. The monoisotopic (exact) mass is 455 g/mol. The topological polar surface area (TPSA) is 142 Å². The van der Waals surface area contributed by atoms with E-state index in [1.807, 2.05) is 0 Å². The molecule has 30 heavy (non-hydrogen) atoms. The summed E-state index contributed by atoms with van der Waals surface area (Å²) >= 11 is 0. The van der Waals surface area contributed by atoms with E-state index in [9.17, 15) is 26.7 Å². The maximum Gasteiger partial charge on any atom is 0.262 e. The van der Waals surface area contributed by atoms with Gasteiger partial charge in [0.2, 0.25) is 15.9 Å². The van der Waals surface area contributed by atoms with Crippen LogP contribution in [-0.2, 0) is 29.6 Å². The quantitative estimate of drug-likeness (QED) is 0.555. The number of carbonyl (C=O) groups excluding carboxylic acids is 1. The van der Waals surface area contributed by atoms with E-state index in [-0.39, 0.29) is 47.7 Å². The lowest BCUT2D eigenvalue weighted by atomic mass is 10.3. The fraction of sp³-hybridized carbons (Fsp3) is 0.278. The molecule has 1 saturated heterocycles. The van der Waals surface area contributed by atoms with Gasteiger partial charge >= 0.3 is 0 Å². The minimum absolute atomic E-state index is 0.127. The minimum atomic E-state index is -4.12. The number of phenolic OH excluding ortho intramolecular Hbond substituents is 1. The molecule has 2 aromatic carbocycles. The number of nitrogens with one attached hydrogen (secondary N) is 2. The number of sulfonamides is 2. The first-order valence-corrected chi connectivity index (χ1v) is 11.8. The van der Waals surface area contributed by atoms with Gasteiger partial charge in [-0.25, -0.2) is 16.8 Å². The Morgan fingerprint density at radius 2 is 1.60 bits per heavy atom. The first-order valence-electron chi connectivity index (χ1n) is 8.91. The van der Waals surface area contributed by atoms with E-state index in [4.69, 9.17) is 4.74 Å². The van der Waals surface area contributed by atoms with Crippen molar-refractivity contribution in [1.82, 2.24) is 4.31 Å². The second kappa shape index (κ2) is 8.60. The Balaban J connectivity index is 1.87. The fourth-order valence-electron chi connectivity index (χ4n) is 2.82. The van der Waals surface area contributed by atoms with E-state index >= 15 is 0 Å². The third-order valence-corrected chi connectivity index (χ3v) is 7.58. The Hall–Kier alpha value is -2.67. The molecule has 0 saturated carbocycles. The Morgan fingerprint density at radius 1 is 1.00 bits per heavy atom. The summed E-state index contributed by atoms with van der Waals surface area (Å²) in [7, 11) is -7.99. The summed E-state index contributed by atoms with van der Waals surface area (Å²) in [6.07, 6.45) is 0. The van der Waals surface area contributed by atoms with Crippen molar-refractivity contribution in [2.75, 3.05) is 36.3 Å². The van der Waals surface area contributed by atoms with Crippen molar-refractivity contribution in [2.24, 2.45) is 0 Å². The van der Waals surface area contributed by atoms with Crippen molar-refractivity contribution in [3.05, 3.63) is 42.5 Å². The van der Waals surface area contributed by atoms with Crippen molar-refractivity contribution in [1.29, 1.82) is 0 Å². The summed E-state index contributed by atoms with van der Waals surface area (Å²) in [5.41, 5.74) is 0.151. The first kappa shape index (κ1) is 22.0. The van der Waals surface area contributed by atoms with Crippen molar-refractivity contribution in [3.8, 4) is 5.75 Å². The number of carbonyl (C=O) groups is 1. The van der Waals surface area contributed by atoms with Crippen LogP contribution in [-0.4, -0.2) is 58.5 Å². The second-order valence-corrected chi connectivity index (χ2v) is 10.1. The zero-order valence-electron chi connectivity index (χ0n) is 16.0. The summed E-state index contributed by atoms with van der Waals surface area (Å²) in [4.78, 5) is 10.8. The van der Waals surface area contributed by atoms with Crippen LogP contribution in [0.25, 0.3) is 0 Å². The number of aromatic hydroxyl groups is 1. The van der Waals surface area contributed by atoms with Gasteiger partial charge in [-0.1, -0.05) is 0 Å². The maximum absolute atomic E-state index is 12.8. The number of phenols is 1. The van der Waals surface area contributed by atoms with Crippen LogP contribution in [0.15, 0.2) is 52.3 Å². The number of hydrogen-bond donors (Lipinski definition) is 3. The molecule has 0 radical (unpaired) electrons. The van der Waals surface area contributed by atoms with Crippen LogP contribution in [0.1, 0.15) is 6.92 Å². The summed E-state index contributed by atoms with van der Waals surface area (Å²) in [5, 5.41) is 12.6. The molecule has 3 rings (SSSR count). The van der Waals surface area contributed by atoms with Gasteiger partial charge in [-0.2, -0.15) is 4.31 Å². The van der Waals surface area contributed by atoms with Crippen LogP contribution in [0.4, 0.5) is 11.4 Å². The predicted octanol–water partition coefficient (Wildman–Crippen LogP) is 1.17. The van der Waals surface area contributed by atoms with Crippen molar-refractivity contribution >= 4 is 37.3 Å². The van der Waals surface area contributed by atoms with E-state index in [0.29, 0.717) is 5.69 Å². The molecule has 0 bridgehead atoms. The van der Waals surface area contributed by atoms with Crippen molar-refractivity contribution in [2.45, 2.75) is 16.7 Å². The van der Waals surface area contributed by atoms with Crippen LogP contribution in [0, 0.1) is 0 Å². The number of rotatable bonds is 6. The van der Waals surface area contributed by atoms with E-state index in [1.54, 1.807) is 0 Å². The van der Waals surface area contributed by atoms with Gasteiger partial charge < -0.3 is 15.2 Å². The van der Waals surface area contributed by atoms with Crippen LogP contribution < -0.4 is 10.0 Å². The van der Waals surface area contributed by atoms with Gasteiger partial charge in [0.1, 0.15) is 5.75 Å². The molecule has 10 nitrogen and oxygen atoms in total. The lowest BCUT2D eigenvalue weighted by Crippen LogP contribution is -2.40. The Morgan fingerprint density at radius 3 is 2.20 bits per heavy atom. The second-order valence-electron chi connectivity index (χ2n) is 6.51. The van der Waals surface area contributed by atoms with Crippen LogP contribution in [0.2, 0.25) is 0 Å². The molecule has 1 heterocycles. The lowest BCUT2D eigenvalue weighted by Gasteiger charge is -2.26. The number of anilines is 2. The molecular weight excluding hydrogens is 434 g/mol. The zero-order valence-corrected chi connectivity index (χ0v) is 17.7. The zero-order chi connectivity index (χ0) is 21.9. The number of amides is 1. The Labute approximate surface area is 174 Å². The van der Waals surface area contributed by atoms with Gasteiger partial charge in [0, 0.05) is 25.7 Å². The first-order chi connectivity index (χ1) is 14.1. The highest BCUT2D eigenvalue weighted by Gasteiger charge is 2.27. The minimum Gasteiger partial charge on any atom is -0.506 e. The molecule has 3 N–H and O–H groups in total. The molecule has 0 spiro atoms. The average Bonchev–Trinajstić information content (AvgIpc) is 2.70. The average molecular weight is 456 g/mol. The smallest absolute Gasteiger partial charge is 0.262 e. The Bertz CT molecular complexity index is 1140. The molecule has 162 valence electrons. The SMILES string of the molecule is CC(=O)Nc1ccc(S(=O)(=O)Nc2cc(S(=O)(=O)N3CCOCC3)ccc2O)cc1. The number of nitrogens with zero attached hydrogens (tertiary/aromatic N) is 1. The van der Waals surface area contributed by atoms with Gasteiger partial charge in [-0.15, -0.1) is 0 Å². The molecule has 2 aromatic rings. The van der Waals surface area contributed by atoms with Crippen LogP contribution in [0.5, 0.6) is 5.75 Å². The highest BCUT2D eigenvalue weighted by molar-refractivity contribution is 7.92. The third-order valence-electron chi connectivity index (χ3n) is 4.31. The third kappa shape index (κ3) is 4.90. The standard InChI is InChI=1S/C18H21N3O7S2/c1-13(22)19-14-2-4-15(5-3-14)29(24,25)20-17-12-16(6-7-18(17)23)30(26,27)21-8-10-28-11-9-21/h2-7,12,20,23H,8-11H2,1H3,(H,19,22). The summed E-state index contributed by atoms with van der Waals surface area (Å²) < 4.78 is 59.5. The van der Waals surface area contributed by atoms with Crippen LogP contribution >= 0.6 is 0 Å². The number of morpholine rings is 1. The van der Waals surface area contributed by atoms with Gasteiger partial charge in [-0.05, 0) is 42.5 Å². The number of hydrogen-bond acceptors (Lipinski definition) is 7. The summed E-state index contributed by atoms with van der Waals surface area (Å²) in [5.74, 6) is -0.721. The highest BCUT2D eigenvalue weighted by atomic mass is 32.2. The van der Waals surface area contributed by atoms with Crippen LogP contribution in [0.3, 0.4) is 0 Å². The largest absolute Gasteiger partial charge is 0.506 e. The number of ether oxygens (including phenoxy) is 1. The molecule has 1 fully saturated rings. The van der Waals surface area contributed by atoms with E-state index in [0.717, 1.165) is 12.1 Å². The highest BCUT2D eigenvalue weighted by Crippen LogP contribution is 2.30. The fourth-order valence-corrected chi connectivity index (χ4v) is 5.32. The van der Waals surface area contributed by atoms with E-state index in [2.05, 4.69) is 10.0 Å². The van der Waals surface area contributed by atoms with Gasteiger partial charge in [0.15, 0.2) is 0 Å². The lowest BCUT2D eigenvalue weighted by molar-refractivity contribution is -0.114. The van der Waals surface area contributed by atoms with Gasteiger partial charge in [0.05, 0.1) is 28.7 Å².